The summed E-state index contributed by atoms with van der Waals surface area (Å²) in [4.78, 5) is 46.1. The molecule has 4 unspecified atom stereocenters. The van der Waals surface area contributed by atoms with Crippen LogP contribution in [0.1, 0.15) is 13.8 Å². The van der Waals surface area contributed by atoms with Crippen molar-refractivity contribution >= 4 is 23.9 Å². The van der Waals surface area contributed by atoms with E-state index in [4.69, 9.17) is 4.74 Å². The molecular formula is C12H14O7. The first-order valence-electron chi connectivity index (χ1n) is 5.92. The Balaban J connectivity index is 2.30. The Labute approximate surface area is 109 Å². The van der Waals surface area contributed by atoms with Gasteiger partial charge in [-0.2, -0.15) is 0 Å². The summed E-state index contributed by atoms with van der Waals surface area (Å²) >= 11 is 0. The van der Waals surface area contributed by atoms with Crippen molar-refractivity contribution in [2.75, 3.05) is 7.11 Å². The lowest BCUT2D eigenvalue weighted by Crippen LogP contribution is -2.41. The van der Waals surface area contributed by atoms with E-state index in [0.717, 1.165) is 0 Å². The molecular weight excluding hydrogens is 256 g/mol. The van der Waals surface area contributed by atoms with Crippen LogP contribution < -0.4 is 0 Å². The number of esters is 4. The second kappa shape index (κ2) is 4.73. The lowest BCUT2D eigenvalue weighted by molar-refractivity contribution is -0.156. The molecule has 2 rings (SSSR count). The van der Waals surface area contributed by atoms with E-state index in [1.165, 1.54) is 21.0 Å². The van der Waals surface area contributed by atoms with E-state index in [9.17, 15) is 19.2 Å². The maximum absolute atomic E-state index is 11.7. The third-order valence-corrected chi connectivity index (χ3v) is 3.75. The van der Waals surface area contributed by atoms with Crippen LogP contribution in [0.2, 0.25) is 0 Å². The number of carbonyl (C=O) groups is 4. The van der Waals surface area contributed by atoms with Crippen LogP contribution >= 0.6 is 0 Å². The quantitative estimate of drug-likeness (QED) is 0.512. The van der Waals surface area contributed by atoms with Crippen molar-refractivity contribution in [3.8, 4) is 0 Å². The van der Waals surface area contributed by atoms with Crippen molar-refractivity contribution in [3.63, 3.8) is 0 Å². The zero-order chi connectivity index (χ0) is 14.3. The van der Waals surface area contributed by atoms with Crippen molar-refractivity contribution in [3.05, 3.63) is 0 Å². The molecule has 0 aromatic heterocycles. The monoisotopic (exact) mass is 270 g/mol. The van der Waals surface area contributed by atoms with Crippen LogP contribution in [-0.2, 0) is 33.4 Å². The Hall–Kier alpha value is -1.76. The second-order valence-electron chi connectivity index (χ2n) is 4.81. The number of methoxy groups -OCH3 is 1. The highest BCUT2D eigenvalue weighted by Gasteiger charge is 2.55. The molecule has 0 amide bonds. The number of ether oxygens (including phenoxy) is 3. The number of hydrogen-bond acceptors (Lipinski definition) is 7. The number of hydrogen-bond donors (Lipinski definition) is 0. The molecule has 104 valence electrons. The minimum Gasteiger partial charge on any atom is -0.393 e. The summed E-state index contributed by atoms with van der Waals surface area (Å²) in [7, 11) is 1.32. The standard InChI is InChI=1S/C12H14O7/c1-4-6(11(15)18-9(4)13)8(17-3)7-5(2)10(14)19-12(7)16/h4-8H,1-3H3. The molecule has 2 saturated heterocycles. The van der Waals surface area contributed by atoms with Gasteiger partial charge in [-0.25, -0.2) is 0 Å². The SMILES string of the molecule is COC(C1C(=O)OC(=O)C1C)C1C(=O)OC(=O)C1C. The van der Waals surface area contributed by atoms with E-state index in [2.05, 4.69) is 9.47 Å². The summed E-state index contributed by atoms with van der Waals surface area (Å²) in [6.45, 7) is 3.05. The molecule has 2 aliphatic heterocycles. The van der Waals surface area contributed by atoms with Gasteiger partial charge in [-0.3, -0.25) is 19.2 Å². The second-order valence-corrected chi connectivity index (χ2v) is 4.81. The molecule has 0 aromatic carbocycles. The van der Waals surface area contributed by atoms with Crippen LogP contribution in [-0.4, -0.2) is 37.1 Å². The van der Waals surface area contributed by atoms with Crippen molar-refractivity contribution in [2.45, 2.75) is 20.0 Å². The summed E-state index contributed by atoms with van der Waals surface area (Å²) in [5.74, 6) is -6.00. The fourth-order valence-electron chi connectivity index (χ4n) is 2.58. The van der Waals surface area contributed by atoms with Crippen LogP contribution in [0.4, 0.5) is 0 Å². The Bertz CT molecular complexity index is 415. The summed E-state index contributed by atoms with van der Waals surface area (Å²) in [5.41, 5.74) is 0. The minimum atomic E-state index is -0.914. The molecule has 7 nitrogen and oxygen atoms in total. The largest absolute Gasteiger partial charge is 0.393 e. The van der Waals surface area contributed by atoms with Gasteiger partial charge in [0.15, 0.2) is 0 Å². The Morgan fingerprint density at radius 1 is 0.842 bits per heavy atom. The summed E-state index contributed by atoms with van der Waals surface area (Å²) in [5, 5.41) is 0. The minimum absolute atomic E-state index is 0.651. The summed E-state index contributed by atoms with van der Waals surface area (Å²) < 4.78 is 14.3. The molecule has 0 bridgehead atoms. The van der Waals surface area contributed by atoms with Gasteiger partial charge in [0.2, 0.25) is 0 Å². The lowest BCUT2D eigenvalue weighted by Gasteiger charge is -2.26. The molecule has 0 N–H and O–H groups in total. The zero-order valence-electron chi connectivity index (χ0n) is 10.7. The molecule has 2 fully saturated rings. The first-order chi connectivity index (χ1) is 8.88. The van der Waals surface area contributed by atoms with Crippen LogP contribution in [0.5, 0.6) is 0 Å². The van der Waals surface area contributed by atoms with Gasteiger partial charge in [0.05, 0.1) is 29.8 Å². The molecule has 19 heavy (non-hydrogen) atoms. The zero-order valence-corrected chi connectivity index (χ0v) is 10.7. The highest BCUT2D eigenvalue weighted by atomic mass is 16.6. The van der Waals surface area contributed by atoms with E-state index < -0.39 is 53.7 Å². The van der Waals surface area contributed by atoms with Gasteiger partial charge in [0.25, 0.3) is 0 Å². The average Bonchev–Trinajstić information content (AvgIpc) is 2.73. The van der Waals surface area contributed by atoms with E-state index in [1.807, 2.05) is 0 Å². The summed E-state index contributed by atoms with van der Waals surface area (Å²) in [6.07, 6.45) is -0.914. The number of rotatable bonds is 3. The van der Waals surface area contributed by atoms with Gasteiger partial charge in [-0.05, 0) is 0 Å². The lowest BCUT2D eigenvalue weighted by atomic mass is 9.79. The van der Waals surface area contributed by atoms with E-state index in [1.54, 1.807) is 0 Å². The maximum Gasteiger partial charge on any atom is 0.320 e. The fraction of sp³-hybridized carbons (Fsp3) is 0.667. The molecule has 7 heteroatoms. The van der Waals surface area contributed by atoms with Gasteiger partial charge < -0.3 is 14.2 Å². The van der Waals surface area contributed by atoms with Crippen molar-refractivity contribution in [1.82, 2.24) is 0 Å². The van der Waals surface area contributed by atoms with Crippen LogP contribution in [0.15, 0.2) is 0 Å². The van der Waals surface area contributed by atoms with Crippen LogP contribution in [0, 0.1) is 23.7 Å². The van der Waals surface area contributed by atoms with Gasteiger partial charge in [0.1, 0.15) is 0 Å². The number of cyclic esters (lactones) is 4. The Kier molecular flexibility index (Phi) is 3.40. The van der Waals surface area contributed by atoms with E-state index in [0.29, 0.717) is 0 Å². The Morgan fingerprint density at radius 3 is 1.42 bits per heavy atom. The highest BCUT2D eigenvalue weighted by molar-refractivity contribution is 5.99. The fourth-order valence-corrected chi connectivity index (χ4v) is 2.58. The molecule has 0 saturated carbocycles. The first kappa shape index (κ1) is 13.7. The smallest absolute Gasteiger partial charge is 0.320 e. The maximum atomic E-state index is 11.7. The van der Waals surface area contributed by atoms with E-state index in [-0.39, 0.29) is 0 Å². The molecule has 0 spiro atoms. The normalized spacial score (nSPS) is 36.4. The number of carbonyl (C=O) groups excluding carboxylic acids is 4. The summed E-state index contributed by atoms with van der Waals surface area (Å²) in [6, 6.07) is 0. The average molecular weight is 270 g/mol. The molecule has 0 radical (unpaired) electrons. The third-order valence-electron chi connectivity index (χ3n) is 3.75. The topological polar surface area (TPSA) is 96.0 Å². The molecule has 0 aliphatic carbocycles. The molecule has 4 atom stereocenters. The van der Waals surface area contributed by atoms with Crippen molar-refractivity contribution < 1.29 is 33.4 Å². The van der Waals surface area contributed by atoms with Gasteiger partial charge >= 0.3 is 23.9 Å². The first-order valence-corrected chi connectivity index (χ1v) is 5.92. The molecule has 0 aromatic rings. The molecule has 2 heterocycles. The highest BCUT2D eigenvalue weighted by Crippen LogP contribution is 2.37. The van der Waals surface area contributed by atoms with Crippen molar-refractivity contribution in [1.29, 1.82) is 0 Å². The predicted octanol–water partition coefficient (Wildman–Crippen LogP) is -0.327. The van der Waals surface area contributed by atoms with Gasteiger partial charge in [0, 0.05) is 7.11 Å². The van der Waals surface area contributed by atoms with Crippen LogP contribution in [0.25, 0.3) is 0 Å². The Morgan fingerprint density at radius 2 is 1.21 bits per heavy atom. The van der Waals surface area contributed by atoms with E-state index >= 15 is 0 Å². The predicted molar refractivity (Wildman–Crippen MR) is 58.3 cm³/mol. The van der Waals surface area contributed by atoms with Gasteiger partial charge in [-0.15, -0.1) is 0 Å². The van der Waals surface area contributed by atoms with Crippen LogP contribution in [0.3, 0.4) is 0 Å². The van der Waals surface area contributed by atoms with Crippen molar-refractivity contribution in [2.24, 2.45) is 23.7 Å². The molecule has 2 aliphatic rings. The third kappa shape index (κ3) is 2.03. The van der Waals surface area contributed by atoms with Gasteiger partial charge in [-0.1, -0.05) is 13.8 Å².